The molecule has 2 aromatic carbocycles. The van der Waals surface area contributed by atoms with Gasteiger partial charge in [0.25, 0.3) is 5.56 Å². The Bertz CT molecular complexity index is 1490. The van der Waals surface area contributed by atoms with Crippen LogP contribution in [-0.4, -0.2) is 39.4 Å². The second-order valence-electron chi connectivity index (χ2n) is 8.66. The van der Waals surface area contributed by atoms with Gasteiger partial charge in [0.05, 0.1) is 23.6 Å². The summed E-state index contributed by atoms with van der Waals surface area (Å²) in [6, 6.07) is 18.0. The van der Waals surface area contributed by atoms with Gasteiger partial charge < -0.3 is 14.0 Å². The summed E-state index contributed by atoms with van der Waals surface area (Å²) in [4.78, 5) is 39.0. The predicted octanol–water partition coefficient (Wildman–Crippen LogP) is 4.08. The lowest BCUT2D eigenvalue weighted by Crippen LogP contribution is -2.22. The maximum absolute atomic E-state index is 13.5. The van der Waals surface area contributed by atoms with Crippen molar-refractivity contribution in [3.8, 4) is 11.4 Å². The van der Waals surface area contributed by atoms with E-state index in [9.17, 15) is 14.4 Å². The van der Waals surface area contributed by atoms with Crippen molar-refractivity contribution in [2.24, 2.45) is 7.05 Å². The molecular formula is C28H29N3O5. The number of hydrogen-bond donors (Lipinski definition) is 0. The highest BCUT2D eigenvalue weighted by molar-refractivity contribution is 6.00. The zero-order chi connectivity index (χ0) is 26.0. The average Bonchev–Trinajstić information content (AvgIpc) is 3.28. The van der Waals surface area contributed by atoms with Gasteiger partial charge in [0.1, 0.15) is 5.69 Å². The summed E-state index contributed by atoms with van der Waals surface area (Å²) in [5.41, 5.74) is 4.73. The van der Waals surface area contributed by atoms with Crippen molar-refractivity contribution in [1.29, 1.82) is 0 Å². The van der Waals surface area contributed by atoms with Crippen molar-refractivity contribution in [2.75, 3.05) is 13.7 Å². The average molecular weight is 488 g/mol. The molecule has 0 N–H and O–H groups in total. The van der Waals surface area contributed by atoms with Crippen molar-refractivity contribution in [3.63, 3.8) is 0 Å². The maximum Gasteiger partial charge on any atom is 0.338 e. The Labute approximate surface area is 209 Å². The van der Waals surface area contributed by atoms with Crippen LogP contribution < -0.4 is 5.56 Å². The zero-order valence-electron chi connectivity index (χ0n) is 21.1. The van der Waals surface area contributed by atoms with E-state index in [2.05, 4.69) is 0 Å². The highest BCUT2D eigenvalue weighted by Gasteiger charge is 2.24. The van der Waals surface area contributed by atoms with Crippen LogP contribution in [0.15, 0.2) is 65.5 Å². The molecule has 0 amide bonds. The Balaban J connectivity index is 1.61. The molecule has 0 unspecified atom stereocenters. The van der Waals surface area contributed by atoms with Gasteiger partial charge in [0.2, 0.25) is 5.78 Å². The Morgan fingerprint density at radius 3 is 2.33 bits per heavy atom. The van der Waals surface area contributed by atoms with Crippen LogP contribution in [-0.2, 0) is 23.1 Å². The SMILES string of the molecule is COCc1cccc(C(=O)OCC(=O)c2cc(C)n(-c3c(C)n(C)n(-c4ccccc4)c3=O)c2C)c1. The van der Waals surface area contributed by atoms with Crippen LogP contribution in [0.2, 0.25) is 0 Å². The van der Waals surface area contributed by atoms with E-state index < -0.39 is 12.6 Å². The molecule has 0 aliphatic rings. The number of esters is 1. The molecule has 2 aromatic heterocycles. The number of ether oxygens (including phenoxy) is 2. The lowest BCUT2D eigenvalue weighted by atomic mass is 10.1. The van der Waals surface area contributed by atoms with Gasteiger partial charge >= 0.3 is 5.97 Å². The minimum absolute atomic E-state index is 0.190. The van der Waals surface area contributed by atoms with E-state index in [0.717, 1.165) is 22.6 Å². The number of benzene rings is 2. The van der Waals surface area contributed by atoms with Gasteiger partial charge in [0.15, 0.2) is 6.61 Å². The molecule has 0 spiro atoms. The van der Waals surface area contributed by atoms with Crippen molar-refractivity contribution in [2.45, 2.75) is 27.4 Å². The number of Topliss-reactive ketones (excluding diaryl/α,β-unsaturated/α-hetero) is 1. The molecule has 0 aliphatic carbocycles. The minimum atomic E-state index is -0.584. The summed E-state index contributed by atoms with van der Waals surface area (Å²) >= 11 is 0. The summed E-state index contributed by atoms with van der Waals surface area (Å²) in [7, 11) is 3.41. The summed E-state index contributed by atoms with van der Waals surface area (Å²) in [5, 5.41) is 0. The maximum atomic E-state index is 13.5. The van der Waals surface area contributed by atoms with E-state index in [0.29, 0.717) is 29.1 Å². The van der Waals surface area contributed by atoms with Gasteiger partial charge in [-0.25, -0.2) is 9.48 Å². The molecule has 0 saturated heterocycles. The molecule has 4 aromatic rings. The summed E-state index contributed by atoms with van der Waals surface area (Å²) < 4.78 is 15.6. The molecule has 0 bridgehead atoms. The lowest BCUT2D eigenvalue weighted by molar-refractivity contribution is 0.0474. The first-order valence-electron chi connectivity index (χ1n) is 11.6. The van der Waals surface area contributed by atoms with Gasteiger partial charge in [-0.3, -0.25) is 14.3 Å². The molecule has 8 nitrogen and oxygen atoms in total. The number of carbonyl (C=O) groups is 2. The third-order valence-corrected chi connectivity index (χ3v) is 6.29. The number of hydrogen-bond acceptors (Lipinski definition) is 5. The monoisotopic (exact) mass is 487 g/mol. The van der Waals surface area contributed by atoms with Crippen molar-refractivity contribution < 1.29 is 19.1 Å². The topological polar surface area (TPSA) is 84.5 Å². The van der Waals surface area contributed by atoms with Gasteiger partial charge in [-0.1, -0.05) is 30.3 Å². The first kappa shape index (κ1) is 24.9. The van der Waals surface area contributed by atoms with E-state index in [1.54, 1.807) is 52.2 Å². The van der Waals surface area contributed by atoms with Crippen molar-refractivity contribution in [3.05, 3.63) is 105 Å². The second kappa shape index (κ2) is 10.2. The number of aromatic nitrogens is 3. The number of methoxy groups -OCH3 is 1. The second-order valence-corrected chi connectivity index (χ2v) is 8.66. The van der Waals surface area contributed by atoms with E-state index in [4.69, 9.17) is 9.47 Å². The quantitative estimate of drug-likeness (QED) is 0.276. The van der Waals surface area contributed by atoms with E-state index in [1.807, 2.05) is 57.3 Å². The van der Waals surface area contributed by atoms with Crippen LogP contribution in [0.3, 0.4) is 0 Å². The van der Waals surface area contributed by atoms with Crippen molar-refractivity contribution in [1.82, 2.24) is 13.9 Å². The Hall–Kier alpha value is -4.17. The molecule has 0 saturated carbocycles. The van der Waals surface area contributed by atoms with Gasteiger partial charge in [0, 0.05) is 31.1 Å². The number of ketones is 1. The standard InChI is InChI=1S/C28H29N3O5/c1-18-14-24(25(32)17-36-28(34)22-11-9-10-21(15-22)16-35-5)19(2)30(18)26-20(3)29(4)31(27(26)33)23-12-7-6-8-13-23/h6-15H,16-17H2,1-5H3. The third kappa shape index (κ3) is 4.55. The minimum Gasteiger partial charge on any atom is -0.454 e. The Kier molecular flexibility index (Phi) is 7.07. The fourth-order valence-corrected chi connectivity index (χ4v) is 4.45. The first-order chi connectivity index (χ1) is 17.2. The molecule has 2 heterocycles. The molecule has 36 heavy (non-hydrogen) atoms. The third-order valence-electron chi connectivity index (χ3n) is 6.29. The number of nitrogens with zero attached hydrogens (tertiary/aromatic N) is 3. The van der Waals surface area contributed by atoms with Crippen LogP contribution in [0.4, 0.5) is 0 Å². The van der Waals surface area contributed by atoms with Crippen LogP contribution in [0.5, 0.6) is 0 Å². The fraction of sp³-hybridized carbons (Fsp3) is 0.250. The molecule has 0 atom stereocenters. The van der Waals surface area contributed by atoms with Gasteiger partial charge in [-0.15, -0.1) is 0 Å². The summed E-state index contributed by atoms with van der Waals surface area (Å²) in [5.74, 6) is -0.924. The van der Waals surface area contributed by atoms with E-state index in [1.165, 1.54) is 0 Å². The van der Waals surface area contributed by atoms with Crippen molar-refractivity contribution >= 4 is 11.8 Å². The predicted molar refractivity (Wildman–Crippen MR) is 136 cm³/mol. The van der Waals surface area contributed by atoms with E-state index >= 15 is 0 Å². The Morgan fingerprint density at radius 2 is 1.64 bits per heavy atom. The van der Waals surface area contributed by atoms with Crippen LogP contribution >= 0.6 is 0 Å². The Morgan fingerprint density at radius 1 is 0.917 bits per heavy atom. The molecule has 0 radical (unpaired) electrons. The number of carbonyl (C=O) groups excluding carboxylic acids is 2. The highest BCUT2D eigenvalue weighted by Crippen LogP contribution is 2.23. The molecule has 8 heteroatoms. The lowest BCUT2D eigenvalue weighted by Gasteiger charge is -2.09. The summed E-state index contributed by atoms with van der Waals surface area (Å²) in [6.45, 7) is 5.47. The highest BCUT2D eigenvalue weighted by atomic mass is 16.5. The van der Waals surface area contributed by atoms with Gasteiger partial charge in [-0.2, -0.15) is 0 Å². The van der Waals surface area contributed by atoms with Crippen LogP contribution in [0, 0.1) is 20.8 Å². The number of para-hydroxylation sites is 1. The fourth-order valence-electron chi connectivity index (χ4n) is 4.45. The largest absolute Gasteiger partial charge is 0.454 e. The number of aryl methyl sites for hydroxylation is 1. The van der Waals surface area contributed by atoms with Crippen LogP contribution in [0.1, 0.15) is 43.4 Å². The molecule has 0 fully saturated rings. The van der Waals surface area contributed by atoms with Gasteiger partial charge in [-0.05, 0) is 56.7 Å². The smallest absolute Gasteiger partial charge is 0.338 e. The van der Waals surface area contributed by atoms with Crippen LogP contribution in [0.25, 0.3) is 11.4 Å². The summed E-state index contributed by atoms with van der Waals surface area (Å²) in [6.07, 6.45) is 0. The number of rotatable bonds is 8. The normalized spacial score (nSPS) is 11.0. The van der Waals surface area contributed by atoms with E-state index in [-0.39, 0.29) is 11.3 Å². The molecule has 186 valence electrons. The molecule has 0 aliphatic heterocycles. The zero-order valence-corrected chi connectivity index (χ0v) is 21.1. The molecular weight excluding hydrogens is 458 g/mol. The molecule has 4 rings (SSSR count). The first-order valence-corrected chi connectivity index (χ1v) is 11.6.